The minimum Gasteiger partial charge on any atom is -0.383 e. The van der Waals surface area contributed by atoms with E-state index in [1.165, 1.54) is 11.1 Å². The first kappa shape index (κ1) is 9.78. The fourth-order valence-corrected chi connectivity index (χ4v) is 1.24. The summed E-state index contributed by atoms with van der Waals surface area (Å²) in [4.78, 5) is 2.06. The van der Waals surface area contributed by atoms with E-state index in [0.29, 0.717) is 0 Å². The molecule has 0 aromatic heterocycles. The van der Waals surface area contributed by atoms with Gasteiger partial charge in [-0.25, -0.2) is 4.58 Å². The van der Waals surface area contributed by atoms with E-state index < -0.39 is 0 Å². The highest BCUT2D eigenvalue weighted by molar-refractivity contribution is 5.85. The zero-order valence-corrected chi connectivity index (χ0v) is 8.78. The maximum Gasteiger partial charge on any atom is 0.170 e. The standard InChI is InChI=1S/C11H17N2/c1-12(2)8-10-6-5-7-11(10)9-13(3)4/h5-9H,1-4H3/q+1. The van der Waals surface area contributed by atoms with Gasteiger partial charge in [-0.2, -0.15) is 0 Å². The van der Waals surface area contributed by atoms with Gasteiger partial charge in [0.05, 0.1) is 0 Å². The van der Waals surface area contributed by atoms with E-state index in [4.69, 9.17) is 0 Å². The maximum atomic E-state index is 2.12. The molecule has 0 spiro atoms. The van der Waals surface area contributed by atoms with E-state index in [0.717, 1.165) is 0 Å². The molecule has 1 aliphatic carbocycles. The fourth-order valence-electron chi connectivity index (χ4n) is 1.24. The van der Waals surface area contributed by atoms with Gasteiger partial charge in [0, 0.05) is 31.4 Å². The van der Waals surface area contributed by atoms with E-state index >= 15 is 0 Å². The molecule has 0 fully saturated rings. The lowest BCUT2D eigenvalue weighted by atomic mass is 10.1. The highest BCUT2D eigenvalue weighted by Crippen LogP contribution is 2.16. The molecule has 0 heterocycles. The summed E-state index contributed by atoms with van der Waals surface area (Å²) in [5.74, 6) is 0. The van der Waals surface area contributed by atoms with Crippen LogP contribution < -0.4 is 0 Å². The van der Waals surface area contributed by atoms with Gasteiger partial charge in [-0.05, 0) is 6.08 Å². The molecule has 0 saturated heterocycles. The lowest BCUT2D eigenvalue weighted by molar-refractivity contribution is -0.458. The molecule has 70 valence electrons. The smallest absolute Gasteiger partial charge is 0.170 e. The van der Waals surface area contributed by atoms with Gasteiger partial charge in [0.1, 0.15) is 14.1 Å². The minimum atomic E-state index is 1.26. The summed E-state index contributed by atoms with van der Waals surface area (Å²) in [5, 5.41) is 0. The number of rotatable bonds is 2. The second-order valence-electron chi connectivity index (χ2n) is 3.62. The van der Waals surface area contributed by atoms with E-state index in [2.05, 4.69) is 40.1 Å². The quantitative estimate of drug-likeness (QED) is 0.455. The molecule has 0 bridgehead atoms. The average Bonchev–Trinajstić information content (AvgIpc) is 2.34. The molecule has 0 amide bonds. The zero-order valence-electron chi connectivity index (χ0n) is 8.78. The second-order valence-corrected chi connectivity index (χ2v) is 3.62. The molecule has 0 saturated carbocycles. The lowest BCUT2D eigenvalue weighted by Gasteiger charge is -2.06. The van der Waals surface area contributed by atoms with Gasteiger partial charge in [0.2, 0.25) is 0 Å². The van der Waals surface area contributed by atoms with Gasteiger partial charge in [0.25, 0.3) is 0 Å². The molecule has 0 radical (unpaired) electrons. The first-order valence-corrected chi connectivity index (χ1v) is 4.38. The van der Waals surface area contributed by atoms with Crippen LogP contribution in [0.5, 0.6) is 0 Å². The van der Waals surface area contributed by atoms with Crippen molar-refractivity contribution in [2.45, 2.75) is 0 Å². The van der Waals surface area contributed by atoms with Gasteiger partial charge < -0.3 is 4.90 Å². The van der Waals surface area contributed by atoms with Crippen LogP contribution in [0.1, 0.15) is 0 Å². The van der Waals surface area contributed by atoms with Crippen molar-refractivity contribution in [2.24, 2.45) is 0 Å². The van der Waals surface area contributed by atoms with E-state index in [-0.39, 0.29) is 0 Å². The van der Waals surface area contributed by atoms with Crippen LogP contribution in [0.3, 0.4) is 0 Å². The van der Waals surface area contributed by atoms with Crippen molar-refractivity contribution in [1.29, 1.82) is 0 Å². The first-order chi connectivity index (χ1) is 6.09. The van der Waals surface area contributed by atoms with Crippen molar-refractivity contribution in [1.82, 2.24) is 4.90 Å². The molecule has 0 aliphatic heterocycles. The van der Waals surface area contributed by atoms with E-state index in [1.54, 1.807) is 0 Å². The van der Waals surface area contributed by atoms with Crippen LogP contribution in [0.15, 0.2) is 35.6 Å². The van der Waals surface area contributed by atoms with Gasteiger partial charge >= 0.3 is 0 Å². The van der Waals surface area contributed by atoms with Gasteiger partial charge in [-0.15, -0.1) is 0 Å². The van der Waals surface area contributed by atoms with Crippen molar-refractivity contribution >= 4 is 6.21 Å². The molecular weight excluding hydrogens is 160 g/mol. The lowest BCUT2D eigenvalue weighted by Crippen LogP contribution is -2.05. The Labute approximate surface area is 80.2 Å². The SMILES string of the molecule is CN(C)/C=C1/C=CC=C1C=[N+](C)C. The Morgan fingerprint density at radius 3 is 2.54 bits per heavy atom. The van der Waals surface area contributed by atoms with Crippen LogP contribution in [0.4, 0.5) is 0 Å². The second kappa shape index (κ2) is 4.08. The molecule has 0 atom stereocenters. The number of hydrogen-bond acceptors (Lipinski definition) is 1. The number of allylic oxidation sites excluding steroid dienone is 5. The molecule has 1 rings (SSSR count). The molecule has 0 aromatic carbocycles. The Morgan fingerprint density at radius 2 is 2.00 bits per heavy atom. The summed E-state index contributed by atoms with van der Waals surface area (Å²) < 4.78 is 2.06. The minimum absolute atomic E-state index is 1.26. The molecule has 2 heteroatoms. The van der Waals surface area contributed by atoms with E-state index in [9.17, 15) is 0 Å². The van der Waals surface area contributed by atoms with Gasteiger partial charge in [-0.1, -0.05) is 12.2 Å². The summed E-state index contributed by atoms with van der Waals surface area (Å²) in [7, 11) is 8.14. The molecule has 2 nitrogen and oxygen atoms in total. The Hall–Kier alpha value is -1.31. The van der Waals surface area contributed by atoms with Crippen molar-refractivity contribution in [3.8, 4) is 0 Å². The molecule has 0 N–H and O–H groups in total. The van der Waals surface area contributed by atoms with E-state index in [1.807, 2.05) is 28.2 Å². The topological polar surface area (TPSA) is 6.25 Å². The van der Waals surface area contributed by atoms with Crippen LogP contribution in [-0.4, -0.2) is 43.9 Å². The van der Waals surface area contributed by atoms with Crippen LogP contribution in [-0.2, 0) is 0 Å². The maximum absolute atomic E-state index is 2.12. The average molecular weight is 177 g/mol. The Bertz CT molecular complexity index is 300. The highest BCUT2D eigenvalue weighted by Gasteiger charge is 2.07. The van der Waals surface area contributed by atoms with Crippen LogP contribution in [0, 0.1) is 0 Å². The summed E-state index contributed by atoms with van der Waals surface area (Å²) in [6.45, 7) is 0. The third-order valence-corrected chi connectivity index (χ3v) is 1.68. The fraction of sp³-hybridized carbons (Fsp3) is 0.364. The molecule has 1 aliphatic rings. The first-order valence-electron chi connectivity index (χ1n) is 4.38. The summed E-state index contributed by atoms with van der Waals surface area (Å²) in [6, 6.07) is 0. The van der Waals surface area contributed by atoms with Crippen LogP contribution >= 0.6 is 0 Å². The third kappa shape index (κ3) is 2.90. The van der Waals surface area contributed by atoms with Crippen LogP contribution in [0.2, 0.25) is 0 Å². The van der Waals surface area contributed by atoms with Crippen molar-refractivity contribution in [3.63, 3.8) is 0 Å². The molecular formula is C11H17N2+. The summed E-state index contributed by atoms with van der Waals surface area (Å²) >= 11 is 0. The molecule has 13 heavy (non-hydrogen) atoms. The largest absolute Gasteiger partial charge is 0.383 e. The predicted octanol–water partition coefficient (Wildman–Crippen LogP) is 1.27. The highest BCUT2D eigenvalue weighted by atomic mass is 15.0. The third-order valence-electron chi connectivity index (χ3n) is 1.68. The van der Waals surface area contributed by atoms with Crippen molar-refractivity contribution < 1.29 is 4.58 Å². The Morgan fingerprint density at radius 1 is 1.31 bits per heavy atom. The molecule has 0 aromatic rings. The van der Waals surface area contributed by atoms with Crippen molar-refractivity contribution in [3.05, 3.63) is 35.6 Å². The number of hydrogen-bond donors (Lipinski definition) is 0. The van der Waals surface area contributed by atoms with Gasteiger partial charge in [-0.3, -0.25) is 0 Å². The summed E-state index contributed by atoms with van der Waals surface area (Å²) in [6.07, 6.45) is 10.6. The zero-order chi connectivity index (χ0) is 9.84. The van der Waals surface area contributed by atoms with Crippen molar-refractivity contribution in [2.75, 3.05) is 28.2 Å². The Kier molecular flexibility index (Phi) is 3.07. The number of nitrogens with zero attached hydrogens (tertiary/aromatic N) is 2. The monoisotopic (exact) mass is 177 g/mol. The summed E-state index contributed by atoms with van der Waals surface area (Å²) in [5.41, 5.74) is 2.53. The van der Waals surface area contributed by atoms with Gasteiger partial charge in [0.15, 0.2) is 6.21 Å². The normalized spacial score (nSPS) is 17.5. The predicted molar refractivity (Wildman–Crippen MR) is 57.2 cm³/mol. The molecule has 0 unspecified atom stereocenters. The van der Waals surface area contributed by atoms with Crippen LogP contribution in [0.25, 0.3) is 0 Å². The Balaban J connectivity index is 2.85.